The number of carbonyl (C=O) groups is 1. The third-order valence-electron chi connectivity index (χ3n) is 5.17. The van der Waals surface area contributed by atoms with Gasteiger partial charge in [0.15, 0.2) is 0 Å². The zero-order valence-corrected chi connectivity index (χ0v) is 19.6. The average molecular weight is 471 g/mol. The van der Waals surface area contributed by atoms with Gasteiger partial charge >= 0.3 is 0 Å². The second-order valence-corrected chi connectivity index (χ2v) is 10.5. The van der Waals surface area contributed by atoms with E-state index in [4.69, 9.17) is 16.3 Å². The molecule has 0 N–H and O–H groups in total. The van der Waals surface area contributed by atoms with Gasteiger partial charge in [-0.1, -0.05) is 31.5 Å². The zero-order valence-electron chi connectivity index (χ0n) is 17.2. The van der Waals surface area contributed by atoms with E-state index in [1.807, 2.05) is 17.5 Å². The second kappa shape index (κ2) is 10.2. The minimum absolute atomic E-state index is 0.0183. The molecule has 2 heterocycles. The number of thiophene rings is 1. The van der Waals surface area contributed by atoms with Crippen LogP contribution < -0.4 is 0 Å². The molecule has 1 aromatic heterocycles. The Morgan fingerprint density at radius 3 is 2.63 bits per heavy atom. The molecule has 1 aromatic carbocycles. The first-order valence-corrected chi connectivity index (χ1v) is 12.8. The monoisotopic (exact) mass is 470 g/mol. The maximum Gasteiger partial charge on any atom is 0.255 e. The largest absolute Gasteiger partial charge is 0.376 e. The number of benzene rings is 1. The van der Waals surface area contributed by atoms with E-state index in [1.54, 1.807) is 30.1 Å². The van der Waals surface area contributed by atoms with Gasteiger partial charge in [-0.2, -0.15) is 4.31 Å². The summed E-state index contributed by atoms with van der Waals surface area (Å²) in [5.41, 5.74) is 0.194. The Morgan fingerprint density at radius 1 is 1.27 bits per heavy atom. The first kappa shape index (κ1) is 23.2. The maximum absolute atomic E-state index is 13.4. The number of carbonyl (C=O) groups excluding carboxylic acids is 1. The molecular weight excluding hydrogens is 444 g/mol. The van der Waals surface area contributed by atoms with Crippen molar-refractivity contribution in [2.24, 2.45) is 0 Å². The number of hydrogen-bond donors (Lipinski definition) is 0. The summed E-state index contributed by atoms with van der Waals surface area (Å²) in [6, 6.07) is 8.26. The number of amides is 1. The van der Waals surface area contributed by atoms with E-state index in [-0.39, 0.29) is 27.5 Å². The molecule has 3 rings (SSSR count). The van der Waals surface area contributed by atoms with Crippen molar-refractivity contribution in [2.75, 3.05) is 26.2 Å². The second-order valence-electron chi connectivity index (χ2n) is 7.13. The van der Waals surface area contributed by atoms with Gasteiger partial charge in [0.25, 0.3) is 5.91 Å². The van der Waals surface area contributed by atoms with Crippen molar-refractivity contribution in [1.29, 1.82) is 0 Å². The summed E-state index contributed by atoms with van der Waals surface area (Å²) in [7, 11) is -3.69. The normalized spacial score (nSPS) is 16.9. The van der Waals surface area contributed by atoms with Gasteiger partial charge < -0.3 is 9.64 Å². The fourth-order valence-corrected chi connectivity index (χ4v) is 5.96. The smallest absolute Gasteiger partial charge is 0.255 e. The Balaban J connectivity index is 1.93. The lowest BCUT2D eigenvalue weighted by Gasteiger charge is -2.26. The summed E-state index contributed by atoms with van der Waals surface area (Å²) in [5.74, 6) is -0.291. The first-order chi connectivity index (χ1) is 14.4. The van der Waals surface area contributed by atoms with Crippen molar-refractivity contribution in [3.8, 4) is 0 Å². The fraction of sp³-hybridized carbons (Fsp3) is 0.476. The van der Waals surface area contributed by atoms with E-state index in [1.165, 1.54) is 22.5 Å². The van der Waals surface area contributed by atoms with Gasteiger partial charge in [0.2, 0.25) is 10.0 Å². The van der Waals surface area contributed by atoms with E-state index >= 15 is 0 Å². The molecule has 1 aliphatic rings. The Bertz CT molecular complexity index is 953. The van der Waals surface area contributed by atoms with Gasteiger partial charge in [-0.15, -0.1) is 11.3 Å². The predicted octanol–water partition coefficient (Wildman–Crippen LogP) is 4.25. The van der Waals surface area contributed by atoms with Crippen LogP contribution in [-0.4, -0.2) is 55.9 Å². The Kier molecular flexibility index (Phi) is 7.92. The van der Waals surface area contributed by atoms with Crippen molar-refractivity contribution >= 4 is 38.9 Å². The van der Waals surface area contributed by atoms with Crippen molar-refractivity contribution in [2.45, 2.75) is 44.2 Å². The van der Waals surface area contributed by atoms with Crippen LogP contribution >= 0.6 is 22.9 Å². The number of ether oxygens (including phenoxy) is 1. The van der Waals surface area contributed by atoms with Crippen LogP contribution in [-0.2, 0) is 21.3 Å². The molecule has 0 bridgehead atoms. The predicted molar refractivity (Wildman–Crippen MR) is 120 cm³/mol. The highest BCUT2D eigenvalue weighted by molar-refractivity contribution is 7.89. The van der Waals surface area contributed by atoms with Gasteiger partial charge in [0, 0.05) is 31.1 Å². The van der Waals surface area contributed by atoms with Crippen molar-refractivity contribution in [3.05, 3.63) is 51.2 Å². The molecule has 0 aliphatic carbocycles. The van der Waals surface area contributed by atoms with Gasteiger partial charge in [-0.05, 0) is 42.5 Å². The van der Waals surface area contributed by atoms with Crippen LogP contribution in [0.4, 0.5) is 0 Å². The molecule has 1 unspecified atom stereocenters. The van der Waals surface area contributed by atoms with E-state index in [0.29, 0.717) is 32.8 Å². The van der Waals surface area contributed by atoms with E-state index in [0.717, 1.165) is 17.7 Å². The standard InChI is InChI=1S/C21H27ClN2O4S2/c1-3-24(4-2)30(26,27)18-9-10-20(22)19(13-18)21(25)23(14-16-7-5-11-28-16)15-17-8-6-12-29-17/h6,8-10,12-13,16H,3-5,7,11,14-15H2,1-2H3. The molecule has 164 valence electrons. The molecular formula is C21H27ClN2O4S2. The number of nitrogens with zero attached hydrogens (tertiary/aromatic N) is 2. The fourth-order valence-electron chi connectivity index (χ4n) is 3.56. The molecule has 0 radical (unpaired) electrons. The highest BCUT2D eigenvalue weighted by Gasteiger charge is 2.28. The van der Waals surface area contributed by atoms with Crippen LogP contribution in [0, 0.1) is 0 Å². The van der Waals surface area contributed by atoms with E-state index in [2.05, 4.69) is 0 Å². The lowest BCUT2D eigenvalue weighted by molar-refractivity contribution is 0.0509. The van der Waals surface area contributed by atoms with Gasteiger partial charge in [0.05, 0.1) is 28.1 Å². The van der Waals surface area contributed by atoms with E-state index in [9.17, 15) is 13.2 Å². The van der Waals surface area contributed by atoms with Crippen molar-refractivity contribution in [3.63, 3.8) is 0 Å². The Hall–Kier alpha value is -1.45. The summed E-state index contributed by atoms with van der Waals surface area (Å²) < 4.78 is 32.9. The van der Waals surface area contributed by atoms with Crippen LogP contribution in [0.1, 0.15) is 41.9 Å². The van der Waals surface area contributed by atoms with Crippen LogP contribution in [0.15, 0.2) is 40.6 Å². The molecule has 1 saturated heterocycles. The van der Waals surface area contributed by atoms with Crippen LogP contribution in [0.3, 0.4) is 0 Å². The minimum atomic E-state index is -3.69. The minimum Gasteiger partial charge on any atom is -0.376 e. The number of sulfonamides is 1. The molecule has 1 amide bonds. The Labute approximate surface area is 187 Å². The lowest BCUT2D eigenvalue weighted by Crippen LogP contribution is -2.37. The van der Waals surface area contributed by atoms with Crippen LogP contribution in [0.2, 0.25) is 5.02 Å². The first-order valence-electron chi connectivity index (χ1n) is 10.1. The molecule has 1 atom stereocenters. The Morgan fingerprint density at radius 2 is 2.03 bits per heavy atom. The number of rotatable bonds is 9. The van der Waals surface area contributed by atoms with Crippen molar-refractivity contribution in [1.82, 2.24) is 9.21 Å². The quantitative estimate of drug-likeness (QED) is 0.549. The highest BCUT2D eigenvalue weighted by atomic mass is 35.5. The molecule has 1 fully saturated rings. The summed E-state index contributed by atoms with van der Waals surface area (Å²) in [5, 5.41) is 2.20. The van der Waals surface area contributed by atoms with Crippen molar-refractivity contribution < 1.29 is 17.9 Å². The summed E-state index contributed by atoms with van der Waals surface area (Å²) in [6.45, 7) is 5.85. The SMILES string of the molecule is CCN(CC)S(=O)(=O)c1ccc(Cl)c(C(=O)N(Cc2cccs2)CC2CCCO2)c1. The number of halogens is 1. The average Bonchev–Trinajstić information content (AvgIpc) is 3.42. The van der Waals surface area contributed by atoms with E-state index < -0.39 is 10.0 Å². The zero-order chi connectivity index (χ0) is 21.7. The third-order valence-corrected chi connectivity index (χ3v) is 8.41. The molecule has 30 heavy (non-hydrogen) atoms. The molecule has 0 spiro atoms. The number of hydrogen-bond acceptors (Lipinski definition) is 5. The molecule has 2 aromatic rings. The third kappa shape index (κ3) is 5.23. The molecule has 0 saturated carbocycles. The van der Waals surface area contributed by atoms with Crippen LogP contribution in [0.5, 0.6) is 0 Å². The van der Waals surface area contributed by atoms with Gasteiger partial charge in [-0.25, -0.2) is 8.42 Å². The summed E-state index contributed by atoms with van der Waals surface area (Å²) >= 11 is 7.92. The molecule has 9 heteroatoms. The highest BCUT2D eigenvalue weighted by Crippen LogP contribution is 2.26. The molecule has 6 nitrogen and oxygen atoms in total. The summed E-state index contributed by atoms with van der Waals surface area (Å²) in [6.07, 6.45) is 1.86. The maximum atomic E-state index is 13.4. The topological polar surface area (TPSA) is 66.9 Å². The van der Waals surface area contributed by atoms with Crippen LogP contribution in [0.25, 0.3) is 0 Å². The van der Waals surface area contributed by atoms with Gasteiger partial charge in [-0.3, -0.25) is 4.79 Å². The summed E-state index contributed by atoms with van der Waals surface area (Å²) in [4.78, 5) is 16.3. The van der Waals surface area contributed by atoms with Gasteiger partial charge in [0.1, 0.15) is 0 Å². The molecule has 1 aliphatic heterocycles. The lowest BCUT2D eigenvalue weighted by atomic mass is 10.1.